The maximum atomic E-state index is 5.18. The smallest absolute Gasteiger partial charge is 0.191 e. The maximum Gasteiger partial charge on any atom is 0.191 e. The first-order valence-electron chi connectivity index (χ1n) is 10.2. The van der Waals surface area contributed by atoms with Crippen LogP contribution in [0.4, 0.5) is 0 Å². The molecule has 160 valence electrons. The summed E-state index contributed by atoms with van der Waals surface area (Å²) in [5.74, 6) is 0.833. The molecule has 0 saturated carbocycles. The zero-order chi connectivity index (χ0) is 19.5. The Morgan fingerprint density at radius 1 is 1.07 bits per heavy atom. The van der Waals surface area contributed by atoms with Crippen LogP contribution < -0.4 is 10.6 Å². The molecule has 1 unspecified atom stereocenters. The van der Waals surface area contributed by atoms with E-state index in [9.17, 15) is 0 Å². The highest BCUT2D eigenvalue weighted by atomic mass is 127. The van der Waals surface area contributed by atoms with E-state index in [0.29, 0.717) is 13.2 Å². The van der Waals surface area contributed by atoms with Gasteiger partial charge in [-0.2, -0.15) is 0 Å². The number of rotatable bonds is 9. The summed E-state index contributed by atoms with van der Waals surface area (Å²) in [5, 5.41) is 6.65. The van der Waals surface area contributed by atoms with Gasteiger partial charge in [0.25, 0.3) is 0 Å². The monoisotopic (exact) mass is 503 g/mol. The summed E-state index contributed by atoms with van der Waals surface area (Å²) >= 11 is 0. The average Bonchev–Trinajstić information content (AvgIpc) is 2.68. The number of nitrogens with one attached hydrogen (secondary N) is 2. The predicted octanol–water partition coefficient (Wildman–Crippen LogP) is 2.53. The van der Waals surface area contributed by atoms with Crippen LogP contribution in [0.5, 0.6) is 0 Å². The van der Waals surface area contributed by atoms with Gasteiger partial charge in [-0.1, -0.05) is 31.2 Å². The van der Waals surface area contributed by atoms with Gasteiger partial charge in [-0.25, -0.2) is 4.99 Å². The zero-order valence-electron chi connectivity index (χ0n) is 17.9. The Morgan fingerprint density at radius 3 is 2.25 bits per heavy atom. The summed E-state index contributed by atoms with van der Waals surface area (Å²) < 4.78 is 5.18. The quantitative estimate of drug-likeness (QED) is 0.308. The van der Waals surface area contributed by atoms with Crippen molar-refractivity contribution in [3.05, 3.63) is 35.4 Å². The molecule has 1 heterocycles. The lowest BCUT2D eigenvalue weighted by Gasteiger charge is -2.34. The van der Waals surface area contributed by atoms with Crippen LogP contribution >= 0.6 is 24.0 Å². The van der Waals surface area contributed by atoms with E-state index in [0.717, 1.165) is 38.7 Å². The Bertz CT molecular complexity index is 558. The Hall–Kier alpha value is -0.900. The molecule has 0 aliphatic carbocycles. The first-order chi connectivity index (χ1) is 13.1. The fourth-order valence-corrected chi connectivity index (χ4v) is 3.29. The largest absolute Gasteiger partial charge is 0.383 e. The van der Waals surface area contributed by atoms with Crippen LogP contribution in [0.2, 0.25) is 0 Å². The van der Waals surface area contributed by atoms with E-state index >= 15 is 0 Å². The Balaban J connectivity index is 0.00000392. The predicted molar refractivity (Wildman–Crippen MR) is 129 cm³/mol. The highest BCUT2D eigenvalue weighted by Gasteiger charge is 2.15. The number of guanidine groups is 1. The van der Waals surface area contributed by atoms with Crippen LogP contribution in [0, 0.1) is 0 Å². The van der Waals surface area contributed by atoms with E-state index in [-0.39, 0.29) is 30.0 Å². The summed E-state index contributed by atoms with van der Waals surface area (Å²) in [4.78, 5) is 9.75. The number of methoxy groups -OCH3 is 1. The minimum absolute atomic E-state index is 0. The maximum absolute atomic E-state index is 5.18. The number of benzene rings is 1. The minimum atomic E-state index is 0. The molecule has 0 radical (unpaired) electrons. The zero-order valence-corrected chi connectivity index (χ0v) is 20.2. The third-order valence-electron chi connectivity index (χ3n) is 4.91. The van der Waals surface area contributed by atoms with Gasteiger partial charge in [-0.15, -0.1) is 24.0 Å². The molecule has 0 spiro atoms. The molecule has 28 heavy (non-hydrogen) atoms. The number of ether oxygens (including phenoxy) is 1. The van der Waals surface area contributed by atoms with Gasteiger partial charge < -0.3 is 20.3 Å². The Morgan fingerprint density at radius 2 is 1.68 bits per heavy atom. The summed E-state index contributed by atoms with van der Waals surface area (Å²) in [6.45, 7) is 15.5. The molecule has 1 aliphatic rings. The normalized spacial score (nSPS) is 17.1. The molecule has 1 fully saturated rings. The number of likely N-dealkylation sites (N-methyl/N-ethyl adjacent to an activating group) is 1. The lowest BCUT2D eigenvalue weighted by Crippen LogP contribution is -2.45. The first-order valence-corrected chi connectivity index (χ1v) is 10.2. The molecule has 6 nitrogen and oxygen atoms in total. The second kappa shape index (κ2) is 14.1. The van der Waals surface area contributed by atoms with Crippen LogP contribution in [0.15, 0.2) is 29.3 Å². The summed E-state index contributed by atoms with van der Waals surface area (Å²) in [6.07, 6.45) is 0. The molecule has 0 amide bonds. The van der Waals surface area contributed by atoms with Crippen LogP contribution in [0.1, 0.15) is 31.9 Å². The standard InChI is InChI=1S/C21H37N5O.HI/c1-5-22-21(24-18(3)17-27-4)23-15-19-7-9-20(10-8-19)16-26-13-11-25(6-2)12-14-26;/h7-10,18H,5-6,11-17H2,1-4H3,(H2,22,23,24);1H. The Labute approximate surface area is 188 Å². The molecule has 7 heteroatoms. The van der Waals surface area contributed by atoms with E-state index in [1.54, 1.807) is 7.11 Å². The molecule has 0 bridgehead atoms. The molecule has 1 atom stereocenters. The number of hydrogen-bond donors (Lipinski definition) is 2. The van der Waals surface area contributed by atoms with Gasteiger partial charge in [-0.3, -0.25) is 4.90 Å². The van der Waals surface area contributed by atoms with Crippen molar-refractivity contribution >= 4 is 29.9 Å². The van der Waals surface area contributed by atoms with E-state index < -0.39 is 0 Å². The molecule has 1 aromatic carbocycles. The number of aliphatic imine (C=N–C) groups is 1. The van der Waals surface area contributed by atoms with Crippen molar-refractivity contribution < 1.29 is 4.74 Å². The summed E-state index contributed by atoms with van der Waals surface area (Å²) in [7, 11) is 1.72. The summed E-state index contributed by atoms with van der Waals surface area (Å²) in [5.41, 5.74) is 2.61. The third-order valence-corrected chi connectivity index (χ3v) is 4.91. The van der Waals surface area contributed by atoms with Crippen LogP contribution in [-0.2, 0) is 17.8 Å². The highest BCUT2D eigenvalue weighted by Crippen LogP contribution is 2.11. The van der Waals surface area contributed by atoms with Crippen LogP contribution in [0.25, 0.3) is 0 Å². The second-order valence-electron chi connectivity index (χ2n) is 7.22. The summed E-state index contributed by atoms with van der Waals surface area (Å²) in [6, 6.07) is 9.10. The molecule has 0 aromatic heterocycles. The molecule has 1 aliphatic heterocycles. The first kappa shape index (κ1) is 25.1. The minimum Gasteiger partial charge on any atom is -0.383 e. The number of piperazine rings is 1. The lowest BCUT2D eigenvalue weighted by atomic mass is 10.1. The molecule has 1 saturated heterocycles. The van der Waals surface area contributed by atoms with Crippen LogP contribution in [0.3, 0.4) is 0 Å². The van der Waals surface area contributed by atoms with Crippen LogP contribution in [-0.4, -0.2) is 74.8 Å². The van der Waals surface area contributed by atoms with Crippen molar-refractivity contribution in [1.29, 1.82) is 0 Å². The Kier molecular flexibility index (Phi) is 12.7. The molecule has 2 rings (SSSR count). The van der Waals surface area contributed by atoms with Crippen molar-refractivity contribution in [2.45, 2.75) is 39.9 Å². The fraction of sp³-hybridized carbons (Fsp3) is 0.667. The highest BCUT2D eigenvalue weighted by molar-refractivity contribution is 14.0. The van der Waals surface area contributed by atoms with Gasteiger partial charge in [0.15, 0.2) is 5.96 Å². The van der Waals surface area contributed by atoms with Crippen molar-refractivity contribution in [3.8, 4) is 0 Å². The van der Waals surface area contributed by atoms with Crippen molar-refractivity contribution in [1.82, 2.24) is 20.4 Å². The van der Waals surface area contributed by atoms with Gasteiger partial charge in [0, 0.05) is 52.4 Å². The van der Waals surface area contributed by atoms with E-state index in [1.807, 2.05) is 0 Å². The van der Waals surface area contributed by atoms with E-state index in [2.05, 4.69) is 65.5 Å². The van der Waals surface area contributed by atoms with Gasteiger partial charge in [0.05, 0.1) is 13.2 Å². The van der Waals surface area contributed by atoms with E-state index in [4.69, 9.17) is 9.73 Å². The van der Waals surface area contributed by atoms with Gasteiger partial charge in [0.1, 0.15) is 0 Å². The second-order valence-corrected chi connectivity index (χ2v) is 7.22. The van der Waals surface area contributed by atoms with Crippen molar-refractivity contribution in [2.75, 3.05) is 53.0 Å². The lowest BCUT2D eigenvalue weighted by molar-refractivity contribution is 0.132. The average molecular weight is 503 g/mol. The number of hydrogen-bond acceptors (Lipinski definition) is 4. The number of halogens is 1. The van der Waals surface area contributed by atoms with E-state index in [1.165, 1.54) is 24.2 Å². The SMILES string of the molecule is CCNC(=NCc1ccc(CN2CCN(CC)CC2)cc1)NC(C)COC.I. The molecular weight excluding hydrogens is 465 g/mol. The van der Waals surface area contributed by atoms with Crippen molar-refractivity contribution in [2.24, 2.45) is 4.99 Å². The fourth-order valence-electron chi connectivity index (χ4n) is 3.29. The van der Waals surface area contributed by atoms with Gasteiger partial charge in [-0.05, 0) is 31.5 Å². The van der Waals surface area contributed by atoms with Gasteiger partial charge >= 0.3 is 0 Å². The third kappa shape index (κ3) is 9.07. The molecule has 2 N–H and O–H groups in total. The topological polar surface area (TPSA) is 52.1 Å². The van der Waals surface area contributed by atoms with Gasteiger partial charge in [0.2, 0.25) is 0 Å². The molecule has 1 aromatic rings. The number of nitrogens with zero attached hydrogens (tertiary/aromatic N) is 3. The molecular formula is C21H38IN5O. The van der Waals surface area contributed by atoms with Crippen molar-refractivity contribution in [3.63, 3.8) is 0 Å².